The number of rotatable bonds is 11. The average Bonchev–Trinajstić information content (AvgIpc) is 3.82. The van der Waals surface area contributed by atoms with Crippen LogP contribution in [0.1, 0.15) is 50.7 Å². The van der Waals surface area contributed by atoms with Crippen molar-refractivity contribution in [2.45, 2.75) is 65.0 Å². The van der Waals surface area contributed by atoms with Crippen LogP contribution in [0.15, 0.2) is 33.5 Å². The van der Waals surface area contributed by atoms with Crippen molar-refractivity contribution in [3.05, 3.63) is 40.4 Å². The number of likely N-dealkylation sites (tertiary alicyclic amines) is 3. The summed E-state index contributed by atoms with van der Waals surface area (Å²) in [6.07, 6.45) is 7.96. The molecule has 0 amide bonds. The second-order valence-electron chi connectivity index (χ2n) is 14.3. The van der Waals surface area contributed by atoms with Gasteiger partial charge in [-0.05, 0) is 135 Å². The predicted molar refractivity (Wildman–Crippen MR) is 187 cm³/mol. The van der Waals surface area contributed by atoms with Crippen LogP contribution in [-0.4, -0.2) is 103 Å². The molecule has 0 saturated carbocycles. The molecule has 0 bridgehead atoms. The zero-order valence-corrected chi connectivity index (χ0v) is 28.8. The van der Waals surface area contributed by atoms with Gasteiger partial charge in [-0.1, -0.05) is 0 Å². The molecule has 0 aliphatic carbocycles. The van der Waals surface area contributed by atoms with Crippen molar-refractivity contribution >= 4 is 21.8 Å². The van der Waals surface area contributed by atoms with Crippen molar-refractivity contribution in [1.29, 1.82) is 0 Å². The summed E-state index contributed by atoms with van der Waals surface area (Å²) in [5, 5.41) is 1.55. The molecule has 0 atom stereocenters. The number of furan rings is 1. The highest BCUT2D eigenvalue weighted by molar-refractivity contribution is 6.09. The first kappa shape index (κ1) is 32.2. The molecule has 3 saturated heterocycles. The van der Waals surface area contributed by atoms with Gasteiger partial charge in [-0.15, -0.1) is 0 Å². The van der Waals surface area contributed by atoms with E-state index in [1.54, 1.807) is 7.11 Å². The molecular weight excluding hydrogens is 592 g/mol. The number of fused-ring (bicyclic) bond motifs is 3. The number of benzene rings is 1. The summed E-state index contributed by atoms with van der Waals surface area (Å²) in [5.74, 6) is 3.72. The summed E-state index contributed by atoms with van der Waals surface area (Å²) in [7, 11) is 6.08. The number of hydrogen-bond acceptors (Lipinski definition) is 8. The van der Waals surface area contributed by atoms with Gasteiger partial charge >= 0.3 is 0 Å². The van der Waals surface area contributed by atoms with E-state index in [1.807, 2.05) is 31.2 Å². The average molecular weight is 645 g/mol. The van der Waals surface area contributed by atoms with Gasteiger partial charge in [-0.2, -0.15) is 0 Å². The normalized spacial score (nSPS) is 19.4. The first-order valence-corrected chi connectivity index (χ1v) is 17.8. The van der Waals surface area contributed by atoms with Gasteiger partial charge in [0.15, 0.2) is 17.3 Å². The van der Waals surface area contributed by atoms with E-state index in [4.69, 9.17) is 18.9 Å². The van der Waals surface area contributed by atoms with Gasteiger partial charge in [-0.3, -0.25) is 9.48 Å². The van der Waals surface area contributed by atoms with Crippen LogP contribution in [0.3, 0.4) is 0 Å². The molecule has 3 aromatic heterocycles. The summed E-state index contributed by atoms with van der Waals surface area (Å²) in [5.41, 5.74) is 2.33. The van der Waals surface area contributed by atoms with E-state index in [1.165, 1.54) is 25.9 Å². The first-order chi connectivity index (χ1) is 22.9. The fraction of sp³-hybridized carbons (Fsp3) is 0.622. The molecule has 3 aliphatic rings. The van der Waals surface area contributed by atoms with Crippen LogP contribution >= 0.6 is 0 Å². The van der Waals surface area contributed by atoms with Crippen molar-refractivity contribution in [1.82, 2.24) is 29.0 Å². The Hall–Kier alpha value is -3.34. The second-order valence-corrected chi connectivity index (χ2v) is 14.3. The summed E-state index contributed by atoms with van der Waals surface area (Å²) < 4.78 is 22.8. The molecule has 0 radical (unpaired) electrons. The fourth-order valence-electron chi connectivity index (χ4n) is 7.92. The van der Waals surface area contributed by atoms with Crippen LogP contribution in [0, 0.1) is 18.8 Å². The quantitative estimate of drug-likeness (QED) is 0.199. The van der Waals surface area contributed by atoms with Crippen molar-refractivity contribution in [2.75, 3.05) is 73.6 Å². The summed E-state index contributed by atoms with van der Waals surface area (Å²) in [6.45, 7) is 11.8. The van der Waals surface area contributed by atoms with Crippen molar-refractivity contribution in [3.8, 4) is 23.0 Å². The molecule has 254 valence electrons. The Morgan fingerprint density at radius 2 is 1.53 bits per heavy atom. The first-order valence-electron chi connectivity index (χ1n) is 17.8. The van der Waals surface area contributed by atoms with Gasteiger partial charge in [0.25, 0.3) is 5.56 Å². The molecule has 10 heteroatoms. The van der Waals surface area contributed by atoms with Crippen molar-refractivity contribution in [2.24, 2.45) is 11.8 Å². The minimum absolute atomic E-state index is 0.0199. The topological polar surface area (TPSA) is 81.1 Å². The van der Waals surface area contributed by atoms with E-state index in [-0.39, 0.29) is 5.56 Å². The molecule has 3 fully saturated rings. The van der Waals surface area contributed by atoms with Crippen molar-refractivity contribution < 1.29 is 13.9 Å². The highest BCUT2D eigenvalue weighted by Crippen LogP contribution is 2.39. The minimum atomic E-state index is 0.0199. The molecule has 10 nitrogen and oxygen atoms in total. The Morgan fingerprint density at radius 3 is 2.15 bits per heavy atom. The van der Waals surface area contributed by atoms with Crippen LogP contribution in [0.5, 0.6) is 11.5 Å². The predicted octanol–water partition coefficient (Wildman–Crippen LogP) is 5.48. The number of aromatic nitrogens is 3. The van der Waals surface area contributed by atoms with E-state index in [9.17, 15) is 4.79 Å². The molecular formula is C37H52N6O4. The standard InChI is InChI=1S/C37H52N6O4/c1-26-8-9-31(47-26)35-34-36(29-22-32(45-4)33(23-30(29)38-35)46-21-7-16-41-14-5-6-15-41)42(24-27-10-17-39(2)18-11-27)43(37(34)44)25-28-12-19-40(3)20-13-28/h8-9,22-23,27-28H,5-7,10-21,24-25H2,1-4H3. The molecule has 4 aromatic rings. The molecule has 0 N–H and O–H groups in total. The van der Waals surface area contributed by atoms with Gasteiger partial charge in [-0.25, -0.2) is 9.67 Å². The maximum Gasteiger partial charge on any atom is 0.276 e. The molecule has 1 aromatic carbocycles. The fourth-order valence-corrected chi connectivity index (χ4v) is 7.92. The smallest absolute Gasteiger partial charge is 0.276 e. The minimum Gasteiger partial charge on any atom is -0.493 e. The highest BCUT2D eigenvalue weighted by Gasteiger charge is 2.29. The monoisotopic (exact) mass is 644 g/mol. The summed E-state index contributed by atoms with van der Waals surface area (Å²) >= 11 is 0. The van der Waals surface area contributed by atoms with Crippen LogP contribution in [0.4, 0.5) is 0 Å². The number of methoxy groups -OCH3 is 1. The third-order valence-electron chi connectivity index (χ3n) is 10.8. The van der Waals surface area contributed by atoms with Crippen LogP contribution < -0.4 is 15.0 Å². The Morgan fingerprint density at radius 1 is 0.872 bits per heavy atom. The van der Waals surface area contributed by atoms with Gasteiger partial charge in [0.2, 0.25) is 0 Å². The lowest BCUT2D eigenvalue weighted by Crippen LogP contribution is -2.36. The van der Waals surface area contributed by atoms with E-state index in [0.717, 1.165) is 93.6 Å². The Bertz CT molecular complexity index is 1740. The number of hydrogen-bond donors (Lipinski definition) is 0. The van der Waals surface area contributed by atoms with E-state index in [2.05, 4.69) is 38.2 Å². The third kappa shape index (κ3) is 6.82. The van der Waals surface area contributed by atoms with E-state index >= 15 is 0 Å². The van der Waals surface area contributed by atoms with Crippen molar-refractivity contribution in [3.63, 3.8) is 0 Å². The Labute approximate surface area is 278 Å². The molecule has 3 aliphatic heterocycles. The summed E-state index contributed by atoms with van der Waals surface area (Å²) in [4.78, 5) is 27.2. The molecule has 6 heterocycles. The van der Waals surface area contributed by atoms with Gasteiger partial charge in [0.1, 0.15) is 11.5 Å². The van der Waals surface area contributed by atoms with Gasteiger partial charge in [0.05, 0.1) is 30.1 Å². The maximum atomic E-state index is 14.7. The van der Waals surface area contributed by atoms with E-state index < -0.39 is 0 Å². The lowest BCUT2D eigenvalue weighted by Gasteiger charge is -2.32. The number of ether oxygens (including phenoxy) is 2. The highest BCUT2D eigenvalue weighted by atomic mass is 16.5. The summed E-state index contributed by atoms with van der Waals surface area (Å²) in [6, 6.07) is 7.93. The molecule has 0 spiro atoms. The Kier molecular flexibility index (Phi) is 9.61. The largest absolute Gasteiger partial charge is 0.493 e. The number of piperidine rings is 2. The van der Waals surface area contributed by atoms with Crippen LogP contribution in [0.2, 0.25) is 0 Å². The Balaban J connectivity index is 1.35. The third-order valence-corrected chi connectivity index (χ3v) is 10.8. The maximum absolute atomic E-state index is 14.7. The number of nitrogens with zero attached hydrogens (tertiary/aromatic N) is 6. The van der Waals surface area contributed by atoms with Crippen LogP contribution in [-0.2, 0) is 13.1 Å². The molecule has 7 rings (SSSR count). The number of pyridine rings is 1. The van der Waals surface area contributed by atoms with Gasteiger partial charge < -0.3 is 28.6 Å². The van der Waals surface area contributed by atoms with Gasteiger partial charge in [0, 0.05) is 31.1 Å². The van der Waals surface area contributed by atoms with E-state index in [0.29, 0.717) is 53.3 Å². The zero-order valence-electron chi connectivity index (χ0n) is 28.8. The molecule has 0 unspecified atom stereocenters. The zero-order chi connectivity index (χ0) is 32.5. The lowest BCUT2D eigenvalue weighted by atomic mass is 9.96. The SMILES string of the molecule is COc1cc2c(cc1OCCCN1CCCC1)nc(-c1ccc(C)o1)c1c(=O)n(CC3CCN(C)CC3)n(CC3CCN(C)CC3)c12. The second kappa shape index (κ2) is 14.0. The van der Waals surface area contributed by atoms with Crippen LogP contribution in [0.25, 0.3) is 33.3 Å². The molecule has 47 heavy (non-hydrogen) atoms. The lowest BCUT2D eigenvalue weighted by molar-refractivity contribution is 0.177. The number of aryl methyl sites for hydroxylation is 1.